The monoisotopic (exact) mass is 696 g/mol. The SMILES string of the molecule is C1=Cc2ccccc2C1.O=C1[C@H]2[C@@H]([C@@H](O)N1c1ccccc1)[C@H]1C=C[C@@H]2C1.O=C1[C@H]2[C@@H]([C@H]3[C@H]4Cc5ccccc5[C@H]4c4ccccc4N13)[C@H]1C=C[C@@H]2C1. The molecule has 2 saturated carbocycles. The van der Waals surface area contributed by atoms with Crippen LogP contribution in [-0.2, 0) is 22.4 Å². The zero-order valence-corrected chi connectivity index (χ0v) is 29.7. The molecule has 4 fully saturated rings. The maximum Gasteiger partial charge on any atom is 0.233 e. The topological polar surface area (TPSA) is 60.9 Å². The van der Waals surface area contributed by atoms with Crippen LogP contribution in [0.15, 0.2) is 134 Å². The molecule has 0 radical (unpaired) electrons. The summed E-state index contributed by atoms with van der Waals surface area (Å²) in [4.78, 5) is 29.9. The van der Waals surface area contributed by atoms with E-state index in [0.29, 0.717) is 53.4 Å². The van der Waals surface area contributed by atoms with Gasteiger partial charge in [0.05, 0.1) is 11.8 Å². The number of hydrogen-bond donors (Lipinski definition) is 1. The van der Waals surface area contributed by atoms with Crippen LogP contribution >= 0.6 is 0 Å². The minimum absolute atomic E-state index is 0.00444. The van der Waals surface area contributed by atoms with Crippen LogP contribution in [0.25, 0.3) is 6.08 Å². The van der Waals surface area contributed by atoms with E-state index in [0.717, 1.165) is 24.9 Å². The number of rotatable bonds is 1. The Labute approximate surface area is 311 Å². The van der Waals surface area contributed by atoms with Crippen molar-refractivity contribution in [2.75, 3.05) is 9.80 Å². The lowest BCUT2D eigenvalue weighted by Crippen LogP contribution is -2.47. The number of amides is 2. The summed E-state index contributed by atoms with van der Waals surface area (Å²) < 4.78 is 0. The number of para-hydroxylation sites is 2. The first-order valence-electron chi connectivity index (χ1n) is 19.7. The second-order valence-corrected chi connectivity index (χ2v) is 16.7. The zero-order valence-electron chi connectivity index (χ0n) is 29.7. The van der Waals surface area contributed by atoms with Gasteiger partial charge in [0.15, 0.2) is 0 Å². The molecule has 0 spiro atoms. The van der Waals surface area contributed by atoms with E-state index in [2.05, 4.69) is 114 Å². The van der Waals surface area contributed by atoms with Crippen LogP contribution in [-0.4, -0.2) is 29.2 Å². The van der Waals surface area contributed by atoms with Gasteiger partial charge in [-0.1, -0.05) is 121 Å². The molecule has 4 aromatic rings. The minimum Gasteiger partial charge on any atom is -0.373 e. The molecule has 12 atom stereocenters. The number of fused-ring (bicyclic) bond motifs is 20. The van der Waals surface area contributed by atoms with E-state index in [4.69, 9.17) is 0 Å². The van der Waals surface area contributed by atoms with Gasteiger partial charge in [0.1, 0.15) is 6.23 Å². The lowest BCUT2D eigenvalue weighted by molar-refractivity contribution is -0.122. The highest BCUT2D eigenvalue weighted by Crippen LogP contribution is 2.63. The summed E-state index contributed by atoms with van der Waals surface area (Å²) in [6.07, 6.45) is 17.3. The molecular weight excluding hydrogens is 653 g/mol. The Bertz CT molecular complexity index is 2220. The molecule has 5 heteroatoms. The van der Waals surface area contributed by atoms with Crippen LogP contribution in [0.2, 0.25) is 0 Å². The van der Waals surface area contributed by atoms with Crippen LogP contribution in [0.3, 0.4) is 0 Å². The molecule has 2 saturated heterocycles. The summed E-state index contributed by atoms with van der Waals surface area (Å²) >= 11 is 0. The second kappa shape index (κ2) is 12.0. The first-order valence-corrected chi connectivity index (χ1v) is 19.7. The van der Waals surface area contributed by atoms with E-state index in [1.807, 2.05) is 30.3 Å². The van der Waals surface area contributed by atoms with E-state index in [9.17, 15) is 14.7 Å². The first kappa shape index (κ1) is 31.5. The van der Waals surface area contributed by atoms with Gasteiger partial charge >= 0.3 is 0 Å². The number of benzene rings is 4. The highest BCUT2D eigenvalue weighted by Gasteiger charge is 2.64. The molecule has 5 nitrogen and oxygen atoms in total. The van der Waals surface area contributed by atoms with Crippen LogP contribution in [0.1, 0.15) is 46.6 Å². The van der Waals surface area contributed by atoms with Crippen LogP contribution in [0.5, 0.6) is 0 Å². The van der Waals surface area contributed by atoms with Crippen molar-refractivity contribution in [3.05, 3.63) is 161 Å². The molecule has 3 heterocycles. The molecule has 2 amide bonds. The van der Waals surface area contributed by atoms with Gasteiger partial charge in [-0.25, -0.2) is 0 Å². The van der Waals surface area contributed by atoms with Gasteiger partial charge in [0.2, 0.25) is 11.8 Å². The summed E-state index contributed by atoms with van der Waals surface area (Å²) in [6, 6.07) is 36.0. The predicted molar refractivity (Wildman–Crippen MR) is 208 cm³/mol. The Balaban J connectivity index is 0.000000106. The fourth-order valence-electron chi connectivity index (χ4n) is 12.4. The molecule has 4 aromatic carbocycles. The largest absolute Gasteiger partial charge is 0.373 e. The van der Waals surface area contributed by atoms with Crippen molar-refractivity contribution in [1.29, 1.82) is 0 Å². The zero-order chi connectivity index (χ0) is 35.4. The Morgan fingerprint density at radius 3 is 1.94 bits per heavy atom. The number of aliphatic hydroxyl groups is 1. The van der Waals surface area contributed by atoms with Crippen molar-refractivity contribution < 1.29 is 14.7 Å². The summed E-state index contributed by atoms with van der Waals surface area (Å²) in [7, 11) is 0. The standard InChI is InChI=1S/C24H21NO.C15H15NO2.C9H8/c26-24-21-15-10-9-14(11-15)20(21)23-18-12-13-5-1-2-6-16(13)22(18)17-7-3-4-8-19(17)25(23)24;17-14-12-9-6-7-10(8-9)13(12)15(18)16(14)11-4-2-1-3-5-11;1-2-5-9-7-3-6-8(9)4-1/h1-10,14-15,18,20-23H,11-12H2;1-7,9-10,12-14,17H,8H2;1-6H,7H2/t14-,15+,18-,20-,21+,22-,23+;9-,10+,12-,13+,14+;/m00./s1. The first-order chi connectivity index (χ1) is 26.1. The molecule has 9 aliphatic rings. The van der Waals surface area contributed by atoms with Crippen molar-refractivity contribution in [3.63, 3.8) is 0 Å². The molecule has 4 bridgehead atoms. The number of carbonyl (C=O) groups is 2. The van der Waals surface area contributed by atoms with Gasteiger partial charge in [-0.15, -0.1) is 0 Å². The molecule has 0 unspecified atom stereocenters. The molecule has 3 aliphatic heterocycles. The van der Waals surface area contributed by atoms with Gasteiger partial charge in [0, 0.05) is 29.3 Å². The fraction of sp³-hybridized carbons (Fsp3) is 0.333. The van der Waals surface area contributed by atoms with Gasteiger partial charge in [-0.3, -0.25) is 14.5 Å². The molecule has 13 rings (SSSR count). The Morgan fingerprint density at radius 2 is 1.19 bits per heavy atom. The van der Waals surface area contributed by atoms with E-state index in [1.165, 1.54) is 39.9 Å². The van der Waals surface area contributed by atoms with Crippen LogP contribution in [0, 0.1) is 53.3 Å². The number of hydrogen-bond acceptors (Lipinski definition) is 3. The average Bonchev–Trinajstić information content (AvgIpc) is 4.06. The van der Waals surface area contributed by atoms with Crippen molar-refractivity contribution in [3.8, 4) is 0 Å². The van der Waals surface area contributed by atoms with Gasteiger partial charge in [-0.05, 0) is 107 Å². The minimum atomic E-state index is -0.662. The lowest BCUT2D eigenvalue weighted by Gasteiger charge is -2.43. The predicted octanol–water partition coefficient (Wildman–Crippen LogP) is 8.20. The van der Waals surface area contributed by atoms with Gasteiger partial charge in [0.25, 0.3) is 0 Å². The third-order valence-corrected chi connectivity index (χ3v) is 14.4. The highest BCUT2D eigenvalue weighted by atomic mass is 16.3. The van der Waals surface area contributed by atoms with Crippen LogP contribution < -0.4 is 9.80 Å². The van der Waals surface area contributed by atoms with Crippen molar-refractivity contribution in [2.45, 2.75) is 43.9 Å². The number of aliphatic hydroxyl groups excluding tert-OH is 1. The third kappa shape index (κ3) is 4.59. The van der Waals surface area contributed by atoms with Gasteiger partial charge < -0.3 is 10.0 Å². The van der Waals surface area contributed by atoms with Crippen molar-refractivity contribution in [1.82, 2.24) is 0 Å². The maximum absolute atomic E-state index is 13.5. The molecular formula is C48H44N2O3. The Kier molecular flexibility index (Phi) is 7.14. The normalized spacial score (nSPS) is 35.9. The van der Waals surface area contributed by atoms with Crippen molar-refractivity contribution in [2.24, 2.45) is 53.3 Å². The summed E-state index contributed by atoms with van der Waals surface area (Å²) in [5.74, 6) is 4.14. The molecule has 6 aliphatic carbocycles. The van der Waals surface area contributed by atoms with Crippen LogP contribution in [0.4, 0.5) is 11.4 Å². The van der Waals surface area contributed by atoms with E-state index >= 15 is 0 Å². The number of nitrogens with zero attached hydrogens (tertiary/aromatic N) is 2. The summed E-state index contributed by atoms with van der Waals surface area (Å²) in [5, 5.41) is 10.5. The molecule has 1 N–H and O–H groups in total. The second-order valence-electron chi connectivity index (χ2n) is 16.7. The van der Waals surface area contributed by atoms with Gasteiger partial charge in [-0.2, -0.15) is 0 Å². The Morgan fingerprint density at radius 1 is 0.585 bits per heavy atom. The van der Waals surface area contributed by atoms with Crippen molar-refractivity contribution >= 4 is 29.3 Å². The smallest absolute Gasteiger partial charge is 0.233 e. The third-order valence-electron chi connectivity index (χ3n) is 14.4. The van der Waals surface area contributed by atoms with E-state index < -0.39 is 6.23 Å². The quantitative estimate of drug-likeness (QED) is 0.204. The fourth-order valence-corrected chi connectivity index (χ4v) is 12.4. The average molecular weight is 697 g/mol. The molecule has 0 aromatic heterocycles. The molecule has 53 heavy (non-hydrogen) atoms. The molecule has 264 valence electrons. The summed E-state index contributed by atoms with van der Waals surface area (Å²) in [6.45, 7) is 0. The summed E-state index contributed by atoms with van der Waals surface area (Å²) in [5.41, 5.74) is 9.20. The van der Waals surface area contributed by atoms with E-state index in [1.54, 1.807) is 4.90 Å². The number of carbonyl (C=O) groups excluding carboxylic acids is 2. The highest BCUT2D eigenvalue weighted by molar-refractivity contribution is 6.01. The number of allylic oxidation sites excluding steroid dienone is 5. The van der Waals surface area contributed by atoms with E-state index in [-0.39, 0.29) is 23.7 Å². The Hall–Kier alpha value is -5.00. The maximum atomic E-state index is 13.5. The lowest BCUT2D eigenvalue weighted by atomic mass is 9.70. The number of anilines is 2.